The fraction of sp³-hybridized carbons (Fsp3) is 0.579. The molecule has 1 aromatic heterocycles. The quantitative estimate of drug-likeness (QED) is 0.882. The number of ether oxygens (including phenoxy) is 1. The Hall–Kier alpha value is -1.47. The Labute approximate surface area is 160 Å². The van der Waals surface area contributed by atoms with Crippen LogP contribution in [0.25, 0.3) is 11.4 Å². The summed E-state index contributed by atoms with van der Waals surface area (Å²) in [7, 11) is 0. The summed E-state index contributed by atoms with van der Waals surface area (Å²) in [5.74, 6) is 1.85. The molecule has 3 heterocycles. The van der Waals surface area contributed by atoms with Crippen molar-refractivity contribution >= 4 is 12.4 Å². The van der Waals surface area contributed by atoms with Crippen LogP contribution in [0, 0.1) is 0 Å². The first-order valence-corrected chi connectivity index (χ1v) is 9.24. The van der Waals surface area contributed by atoms with Crippen molar-refractivity contribution in [3.05, 3.63) is 35.7 Å². The third kappa shape index (κ3) is 4.62. The molecule has 0 unspecified atom stereocenters. The number of nitrogens with zero attached hydrogens (tertiary/aromatic N) is 3. The summed E-state index contributed by atoms with van der Waals surface area (Å²) < 4.78 is 10.9. The maximum Gasteiger partial charge on any atom is 0.230 e. The van der Waals surface area contributed by atoms with Crippen molar-refractivity contribution < 1.29 is 9.26 Å². The summed E-state index contributed by atoms with van der Waals surface area (Å²) >= 11 is 0. The topological polar surface area (TPSA) is 63.4 Å². The van der Waals surface area contributed by atoms with Crippen molar-refractivity contribution in [1.82, 2.24) is 20.4 Å². The van der Waals surface area contributed by atoms with Crippen LogP contribution in [0.2, 0.25) is 0 Å². The second-order valence-electron chi connectivity index (χ2n) is 7.12. The summed E-state index contributed by atoms with van der Waals surface area (Å²) in [5, 5.41) is 7.66. The molecule has 26 heavy (non-hydrogen) atoms. The third-order valence-electron chi connectivity index (χ3n) is 5.14. The number of morpholine rings is 1. The van der Waals surface area contributed by atoms with Crippen LogP contribution in [0.1, 0.15) is 37.1 Å². The van der Waals surface area contributed by atoms with Crippen molar-refractivity contribution in [3.63, 3.8) is 0 Å². The Morgan fingerprint density at radius 1 is 1.19 bits per heavy atom. The highest BCUT2D eigenvalue weighted by atomic mass is 35.5. The normalized spacial score (nSPS) is 24.2. The van der Waals surface area contributed by atoms with Gasteiger partial charge in [-0.05, 0) is 31.9 Å². The highest BCUT2D eigenvalue weighted by Crippen LogP contribution is 2.28. The van der Waals surface area contributed by atoms with Gasteiger partial charge in [0.05, 0.1) is 13.2 Å². The molecule has 0 radical (unpaired) electrons. The summed E-state index contributed by atoms with van der Waals surface area (Å²) in [5.41, 5.74) is 2.32. The lowest BCUT2D eigenvalue weighted by atomic mass is 9.93. The van der Waals surface area contributed by atoms with Crippen LogP contribution in [0.4, 0.5) is 0 Å². The molecule has 1 N–H and O–H groups in total. The van der Waals surface area contributed by atoms with E-state index in [1.807, 2.05) is 0 Å². The van der Waals surface area contributed by atoms with Crippen LogP contribution in [0.15, 0.2) is 28.8 Å². The van der Waals surface area contributed by atoms with Gasteiger partial charge in [-0.25, -0.2) is 0 Å². The van der Waals surface area contributed by atoms with Crippen LogP contribution in [-0.2, 0) is 11.3 Å². The number of aromatic nitrogens is 2. The van der Waals surface area contributed by atoms with Crippen LogP contribution < -0.4 is 5.32 Å². The molecule has 1 aromatic carbocycles. The lowest BCUT2D eigenvalue weighted by Crippen LogP contribution is -2.35. The van der Waals surface area contributed by atoms with Crippen LogP contribution in [-0.4, -0.2) is 53.9 Å². The molecule has 2 aromatic rings. The number of benzene rings is 1. The monoisotopic (exact) mass is 378 g/mol. The molecule has 2 aliphatic rings. The van der Waals surface area contributed by atoms with Gasteiger partial charge in [0, 0.05) is 37.2 Å². The number of hydrogen-bond donors (Lipinski definition) is 1. The Morgan fingerprint density at radius 2 is 1.96 bits per heavy atom. The van der Waals surface area contributed by atoms with Gasteiger partial charge in [0.15, 0.2) is 0 Å². The lowest BCUT2D eigenvalue weighted by molar-refractivity contribution is 0.0342. The van der Waals surface area contributed by atoms with Crippen LogP contribution in [0.3, 0.4) is 0 Å². The molecular weight excluding hydrogens is 352 g/mol. The highest BCUT2D eigenvalue weighted by molar-refractivity contribution is 5.85. The Balaban J connectivity index is 0.00000196. The molecular formula is C19H27ClN4O2. The van der Waals surface area contributed by atoms with Crippen LogP contribution in [0.5, 0.6) is 0 Å². The molecule has 4 rings (SSSR count). The van der Waals surface area contributed by atoms with Crippen molar-refractivity contribution in [3.8, 4) is 11.4 Å². The first-order valence-electron chi connectivity index (χ1n) is 9.24. The van der Waals surface area contributed by atoms with E-state index >= 15 is 0 Å². The second-order valence-corrected chi connectivity index (χ2v) is 7.12. The van der Waals surface area contributed by atoms with E-state index < -0.39 is 0 Å². The van der Waals surface area contributed by atoms with Crippen LogP contribution >= 0.6 is 12.4 Å². The maximum atomic E-state index is 5.55. The molecule has 0 aliphatic carbocycles. The molecule has 7 heteroatoms. The second kappa shape index (κ2) is 8.95. The van der Waals surface area contributed by atoms with Gasteiger partial charge in [-0.15, -0.1) is 12.4 Å². The van der Waals surface area contributed by atoms with Gasteiger partial charge in [-0.1, -0.05) is 29.4 Å². The molecule has 6 nitrogen and oxygen atoms in total. The van der Waals surface area contributed by atoms with Gasteiger partial charge in [0.25, 0.3) is 0 Å². The number of hydrogen-bond acceptors (Lipinski definition) is 6. The molecule has 2 saturated heterocycles. The predicted molar refractivity (Wildman–Crippen MR) is 103 cm³/mol. The molecule has 0 amide bonds. The van der Waals surface area contributed by atoms with Crippen molar-refractivity contribution in [2.45, 2.75) is 38.3 Å². The smallest absolute Gasteiger partial charge is 0.230 e. The highest BCUT2D eigenvalue weighted by Gasteiger charge is 2.25. The Kier molecular flexibility index (Phi) is 6.64. The van der Waals surface area contributed by atoms with Crippen molar-refractivity contribution in [2.24, 2.45) is 0 Å². The number of halogens is 1. The van der Waals surface area contributed by atoms with E-state index in [0.717, 1.165) is 63.7 Å². The first-order chi connectivity index (χ1) is 12.3. The molecule has 0 spiro atoms. The zero-order valence-electron chi connectivity index (χ0n) is 15.2. The summed E-state index contributed by atoms with van der Waals surface area (Å²) in [6, 6.07) is 9.01. The third-order valence-corrected chi connectivity index (χ3v) is 5.14. The SMILES string of the molecule is C[C@H]1C[C@@H](c2nc(-c3ccc(CN4CCOCC4)cc3)no2)CCN1.Cl. The van der Waals surface area contributed by atoms with Gasteiger partial charge >= 0.3 is 0 Å². The minimum Gasteiger partial charge on any atom is -0.379 e. The summed E-state index contributed by atoms with van der Waals surface area (Å²) in [4.78, 5) is 7.07. The van der Waals surface area contributed by atoms with E-state index in [4.69, 9.17) is 9.26 Å². The molecule has 2 aliphatic heterocycles. The zero-order valence-corrected chi connectivity index (χ0v) is 16.0. The molecule has 0 bridgehead atoms. The number of rotatable bonds is 4. The average molecular weight is 379 g/mol. The van der Waals surface area contributed by atoms with E-state index in [2.05, 4.69) is 51.5 Å². The van der Waals surface area contributed by atoms with E-state index in [0.29, 0.717) is 17.8 Å². The lowest BCUT2D eigenvalue weighted by Gasteiger charge is -2.26. The minimum absolute atomic E-state index is 0. The standard InChI is InChI=1S/C19H26N4O2.ClH/c1-14-12-17(6-7-20-14)19-21-18(22-25-19)16-4-2-15(3-5-16)13-23-8-10-24-11-9-23;/h2-5,14,17,20H,6-13H2,1H3;1H/t14-,17-;/m0./s1. The molecule has 0 saturated carbocycles. The molecule has 2 atom stereocenters. The first kappa shape index (κ1) is 19.3. The van der Waals surface area contributed by atoms with Crippen molar-refractivity contribution in [2.75, 3.05) is 32.8 Å². The van der Waals surface area contributed by atoms with Gasteiger partial charge in [0.2, 0.25) is 11.7 Å². The van der Waals surface area contributed by atoms with E-state index in [1.54, 1.807) is 0 Å². The van der Waals surface area contributed by atoms with E-state index in [-0.39, 0.29) is 12.4 Å². The van der Waals surface area contributed by atoms with E-state index in [1.165, 1.54) is 5.56 Å². The predicted octanol–water partition coefficient (Wildman–Crippen LogP) is 2.85. The molecule has 142 valence electrons. The van der Waals surface area contributed by atoms with Gasteiger partial charge in [-0.3, -0.25) is 4.90 Å². The molecule has 2 fully saturated rings. The fourth-order valence-electron chi connectivity index (χ4n) is 3.65. The van der Waals surface area contributed by atoms with E-state index in [9.17, 15) is 0 Å². The number of nitrogens with one attached hydrogen (secondary N) is 1. The Morgan fingerprint density at radius 3 is 2.69 bits per heavy atom. The van der Waals surface area contributed by atoms with Crippen molar-refractivity contribution in [1.29, 1.82) is 0 Å². The van der Waals surface area contributed by atoms with Gasteiger partial charge in [-0.2, -0.15) is 4.98 Å². The zero-order chi connectivity index (χ0) is 17.1. The Bertz CT molecular complexity index is 685. The minimum atomic E-state index is 0. The van der Waals surface area contributed by atoms with Gasteiger partial charge in [0.1, 0.15) is 0 Å². The summed E-state index contributed by atoms with van der Waals surface area (Å²) in [6.07, 6.45) is 2.12. The average Bonchev–Trinajstić information content (AvgIpc) is 3.13. The van der Waals surface area contributed by atoms with Gasteiger partial charge < -0.3 is 14.6 Å². The fourth-order valence-corrected chi connectivity index (χ4v) is 3.65. The maximum absolute atomic E-state index is 5.55. The summed E-state index contributed by atoms with van der Waals surface area (Å²) in [6.45, 7) is 7.86. The number of piperidine rings is 1. The largest absolute Gasteiger partial charge is 0.379 e.